The molecule has 0 amide bonds. The van der Waals surface area contributed by atoms with Crippen molar-refractivity contribution in [2.24, 2.45) is 0 Å². The van der Waals surface area contributed by atoms with E-state index >= 15 is 0 Å². The van der Waals surface area contributed by atoms with Crippen LogP contribution in [0.25, 0.3) is 0 Å². The quantitative estimate of drug-likeness (QED) is 0.314. The van der Waals surface area contributed by atoms with Crippen LogP contribution in [0.5, 0.6) is 0 Å². The fraction of sp³-hybridized carbons (Fsp3) is 0.833. The first-order chi connectivity index (χ1) is 12.8. The van der Waals surface area contributed by atoms with Crippen molar-refractivity contribution in [2.75, 3.05) is 6.61 Å². The van der Waals surface area contributed by atoms with E-state index in [0.717, 1.165) is 0 Å². The molecule has 1 N–H and O–H groups in total. The van der Waals surface area contributed by atoms with E-state index in [9.17, 15) is 74.6 Å². The second-order valence-corrected chi connectivity index (χ2v) is 5.55. The zero-order chi connectivity index (χ0) is 24.8. The number of hydrogen-bond donors (Lipinski definition) is 1. The number of allylic oxidation sites excluding steroid dienone is 2. The Labute approximate surface area is 154 Å². The molecule has 0 rings (SSSR count). The van der Waals surface area contributed by atoms with E-state index in [1.807, 2.05) is 0 Å². The van der Waals surface area contributed by atoms with Crippen LogP contribution in [0.15, 0.2) is 12.2 Å². The molecule has 30 heavy (non-hydrogen) atoms. The summed E-state index contributed by atoms with van der Waals surface area (Å²) in [6.07, 6.45) is -14.7. The summed E-state index contributed by atoms with van der Waals surface area (Å²) < 4.78 is 217. The average molecular weight is 490 g/mol. The SMILES string of the molecule is OCCC(F)(F)C(F)(F)C(F)(F)C(F)(F)C=CC(F)(F)C(F)(F)C(F)(F)C(F)(F)F. The van der Waals surface area contributed by atoms with Crippen molar-refractivity contribution in [3.8, 4) is 0 Å². The number of hydrogen-bond acceptors (Lipinski definition) is 1. The fourth-order valence-corrected chi connectivity index (χ4v) is 1.54. The lowest BCUT2D eigenvalue weighted by molar-refractivity contribution is -0.388. The molecule has 0 saturated heterocycles. The van der Waals surface area contributed by atoms with Gasteiger partial charge in [0.2, 0.25) is 0 Å². The van der Waals surface area contributed by atoms with Gasteiger partial charge in [-0.2, -0.15) is 74.6 Å². The highest BCUT2D eigenvalue weighted by Gasteiger charge is 2.82. The van der Waals surface area contributed by atoms with E-state index < -0.39 is 72.8 Å². The van der Waals surface area contributed by atoms with Crippen LogP contribution in [0.4, 0.5) is 74.6 Å². The molecule has 0 aliphatic carbocycles. The van der Waals surface area contributed by atoms with Gasteiger partial charge in [0, 0.05) is 13.0 Å². The van der Waals surface area contributed by atoms with Crippen LogP contribution in [0.2, 0.25) is 0 Å². The molecule has 0 aliphatic rings. The van der Waals surface area contributed by atoms with E-state index in [2.05, 4.69) is 0 Å². The van der Waals surface area contributed by atoms with Gasteiger partial charge >= 0.3 is 47.6 Å². The highest BCUT2D eigenvalue weighted by Crippen LogP contribution is 2.56. The summed E-state index contributed by atoms with van der Waals surface area (Å²) in [4.78, 5) is 0. The van der Waals surface area contributed by atoms with Crippen LogP contribution >= 0.6 is 0 Å². The number of aliphatic hydroxyl groups excluding tert-OH is 1. The Morgan fingerprint density at radius 2 is 0.767 bits per heavy atom. The monoisotopic (exact) mass is 490 g/mol. The third-order valence-corrected chi connectivity index (χ3v) is 3.37. The van der Waals surface area contributed by atoms with Gasteiger partial charge in [-0.15, -0.1) is 0 Å². The third kappa shape index (κ3) is 4.28. The summed E-state index contributed by atoms with van der Waals surface area (Å²) in [7, 11) is 0. The largest absolute Gasteiger partial charge is 0.460 e. The van der Waals surface area contributed by atoms with Crippen LogP contribution < -0.4 is 0 Å². The van der Waals surface area contributed by atoms with Gasteiger partial charge in [0.05, 0.1) is 0 Å². The van der Waals surface area contributed by atoms with Crippen LogP contribution in [0.3, 0.4) is 0 Å². The minimum atomic E-state index is -7.62. The molecule has 0 aromatic rings. The molecule has 0 heterocycles. The van der Waals surface area contributed by atoms with E-state index in [1.54, 1.807) is 0 Å². The number of aliphatic hydroxyl groups is 1. The fourth-order valence-electron chi connectivity index (χ4n) is 1.54. The summed E-state index contributed by atoms with van der Waals surface area (Å²) in [5.41, 5.74) is 0. The second kappa shape index (κ2) is 7.58. The van der Waals surface area contributed by atoms with Gasteiger partial charge < -0.3 is 5.11 Å². The van der Waals surface area contributed by atoms with Crippen LogP contribution in [0.1, 0.15) is 6.42 Å². The molecule has 180 valence electrons. The normalized spacial score (nSPS) is 16.5. The predicted octanol–water partition coefficient (Wildman–Crippen LogP) is 5.93. The van der Waals surface area contributed by atoms with Crippen molar-refractivity contribution in [1.29, 1.82) is 0 Å². The highest BCUT2D eigenvalue weighted by molar-refractivity contribution is 5.17. The van der Waals surface area contributed by atoms with E-state index in [1.165, 1.54) is 0 Å². The van der Waals surface area contributed by atoms with Gasteiger partial charge in [-0.1, -0.05) is 0 Å². The molecule has 0 radical (unpaired) electrons. The lowest BCUT2D eigenvalue weighted by Gasteiger charge is -2.36. The lowest BCUT2D eigenvalue weighted by atomic mass is 9.95. The first kappa shape index (κ1) is 28.5. The molecule has 0 aromatic heterocycles. The number of rotatable bonds is 9. The third-order valence-electron chi connectivity index (χ3n) is 3.37. The van der Waals surface area contributed by atoms with Crippen molar-refractivity contribution in [3.05, 3.63) is 12.2 Å². The molecular formula is C12H7F17O. The van der Waals surface area contributed by atoms with Crippen LogP contribution in [0, 0.1) is 0 Å². The molecule has 1 nitrogen and oxygen atoms in total. The standard InChI is InChI=1S/C12H7F17O/c13-5(14,8(19,20)9(21,22)7(17,18)3-4-30)1-2-6(15,16)10(23,24)11(25,26)12(27,28)29/h1-2,30H,3-4H2. The molecule has 0 saturated carbocycles. The molecule has 0 bridgehead atoms. The van der Waals surface area contributed by atoms with Gasteiger partial charge in [-0.05, 0) is 12.2 Å². The van der Waals surface area contributed by atoms with Gasteiger partial charge in [0.15, 0.2) is 0 Å². The van der Waals surface area contributed by atoms with Gasteiger partial charge in [0.1, 0.15) is 0 Å². The van der Waals surface area contributed by atoms with Gasteiger partial charge in [-0.25, -0.2) is 0 Å². The zero-order valence-corrected chi connectivity index (χ0v) is 13.4. The molecular weight excluding hydrogens is 483 g/mol. The first-order valence-electron chi connectivity index (χ1n) is 6.79. The Bertz CT molecular complexity index is 629. The zero-order valence-electron chi connectivity index (χ0n) is 13.4. The number of alkyl halides is 17. The predicted molar refractivity (Wildman–Crippen MR) is 61.5 cm³/mol. The van der Waals surface area contributed by atoms with E-state index in [-0.39, 0.29) is 0 Å². The summed E-state index contributed by atoms with van der Waals surface area (Å²) in [6.45, 7) is -1.98. The lowest BCUT2D eigenvalue weighted by Crippen LogP contribution is -2.62. The minimum absolute atomic E-state index is 1.98. The topological polar surface area (TPSA) is 20.2 Å². The maximum Gasteiger partial charge on any atom is 0.460 e. The average Bonchev–Trinajstić information content (AvgIpc) is 2.51. The first-order valence-corrected chi connectivity index (χ1v) is 6.79. The van der Waals surface area contributed by atoms with E-state index in [0.29, 0.717) is 0 Å². The Morgan fingerprint density at radius 1 is 0.467 bits per heavy atom. The molecule has 18 heteroatoms. The van der Waals surface area contributed by atoms with Crippen molar-refractivity contribution >= 4 is 0 Å². The van der Waals surface area contributed by atoms with Crippen molar-refractivity contribution in [3.63, 3.8) is 0 Å². The molecule has 0 aliphatic heterocycles. The smallest absolute Gasteiger partial charge is 0.396 e. The maximum absolute atomic E-state index is 13.2. The molecule has 0 spiro atoms. The molecule has 0 fully saturated rings. The second-order valence-electron chi connectivity index (χ2n) is 5.55. The van der Waals surface area contributed by atoms with Crippen molar-refractivity contribution in [2.45, 2.75) is 54.1 Å². The Balaban J connectivity index is 6.24. The molecule has 0 unspecified atom stereocenters. The molecule has 0 aromatic carbocycles. The number of halogens is 17. The summed E-state index contributed by atoms with van der Waals surface area (Å²) in [5.74, 6) is -49.8. The Hall–Kier alpha value is -1.49. The summed E-state index contributed by atoms with van der Waals surface area (Å²) in [5, 5.41) is 8.07. The minimum Gasteiger partial charge on any atom is -0.396 e. The summed E-state index contributed by atoms with van der Waals surface area (Å²) in [6, 6.07) is 0. The van der Waals surface area contributed by atoms with E-state index in [4.69, 9.17) is 5.11 Å². The molecule has 0 atom stereocenters. The van der Waals surface area contributed by atoms with Crippen LogP contribution in [-0.2, 0) is 0 Å². The van der Waals surface area contributed by atoms with Gasteiger partial charge in [-0.3, -0.25) is 0 Å². The Kier molecular flexibility index (Phi) is 7.20. The van der Waals surface area contributed by atoms with Gasteiger partial charge in [0.25, 0.3) is 0 Å². The van der Waals surface area contributed by atoms with Crippen molar-refractivity contribution in [1.82, 2.24) is 0 Å². The highest BCUT2D eigenvalue weighted by atomic mass is 19.4. The maximum atomic E-state index is 13.2. The Morgan fingerprint density at radius 3 is 1.03 bits per heavy atom. The van der Waals surface area contributed by atoms with Crippen LogP contribution in [-0.4, -0.2) is 59.3 Å². The summed E-state index contributed by atoms with van der Waals surface area (Å²) >= 11 is 0. The van der Waals surface area contributed by atoms with Crippen molar-refractivity contribution < 1.29 is 79.7 Å².